The van der Waals surface area contributed by atoms with Gasteiger partial charge in [0, 0.05) is 17.0 Å². The highest BCUT2D eigenvalue weighted by molar-refractivity contribution is 7.89. The van der Waals surface area contributed by atoms with Crippen LogP contribution in [0.25, 0.3) is 11.3 Å². The summed E-state index contributed by atoms with van der Waals surface area (Å²) in [6.07, 6.45) is 0. The molecule has 0 spiro atoms. The van der Waals surface area contributed by atoms with Gasteiger partial charge in [0.05, 0.1) is 10.6 Å². The van der Waals surface area contributed by atoms with Crippen LogP contribution in [-0.2, 0) is 16.6 Å². The first kappa shape index (κ1) is 17.5. The molecule has 0 bridgehead atoms. The third-order valence-corrected chi connectivity index (χ3v) is 5.89. The molecule has 3 rings (SSSR count). The zero-order valence-corrected chi connectivity index (χ0v) is 15.0. The fraction of sp³-hybridized carbons (Fsp3) is 0.118. The Bertz CT molecular complexity index is 982. The zero-order chi connectivity index (χ0) is 18.0. The van der Waals surface area contributed by atoms with E-state index in [4.69, 9.17) is 5.73 Å². The molecular formula is C17H16FN3O2S2. The number of hydrogen-bond donors (Lipinski definition) is 2. The van der Waals surface area contributed by atoms with Crippen LogP contribution in [0, 0.1) is 12.7 Å². The molecule has 0 saturated carbocycles. The third kappa shape index (κ3) is 4.04. The SMILES string of the molecule is Cc1ccc(S(=O)(=O)NCc2sc(N)nc2-c2ccc(F)cc2)cc1. The molecule has 0 atom stereocenters. The number of halogens is 1. The average Bonchev–Trinajstić information content (AvgIpc) is 2.95. The van der Waals surface area contributed by atoms with E-state index in [1.807, 2.05) is 6.92 Å². The quantitative estimate of drug-likeness (QED) is 0.714. The van der Waals surface area contributed by atoms with E-state index < -0.39 is 10.0 Å². The number of thiazole rings is 1. The van der Waals surface area contributed by atoms with Crippen molar-refractivity contribution in [3.05, 3.63) is 64.8 Å². The molecule has 8 heteroatoms. The van der Waals surface area contributed by atoms with E-state index in [9.17, 15) is 12.8 Å². The third-order valence-electron chi connectivity index (χ3n) is 3.59. The molecule has 3 N–H and O–H groups in total. The van der Waals surface area contributed by atoms with Gasteiger partial charge in [-0.15, -0.1) is 11.3 Å². The fourth-order valence-corrected chi connectivity index (χ4v) is 4.17. The molecule has 1 heterocycles. The number of rotatable bonds is 5. The minimum Gasteiger partial charge on any atom is -0.375 e. The van der Waals surface area contributed by atoms with Crippen LogP contribution in [-0.4, -0.2) is 13.4 Å². The van der Waals surface area contributed by atoms with Gasteiger partial charge < -0.3 is 5.73 Å². The lowest BCUT2D eigenvalue weighted by molar-refractivity contribution is 0.582. The highest BCUT2D eigenvalue weighted by atomic mass is 32.2. The van der Waals surface area contributed by atoms with Crippen LogP contribution in [0.15, 0.2) is 53.4 Å². The van der Waals surface area contributed by atoms with Gasteiger partial charge in [-0.3, -0.25) is 0 Å². The second-order valence-corrected chi connectivity index (χ2v) is 8.35. The minimum atomic E-state index is -3.64. The average molecular weight is 377 g/mol. The monoisotopic (exact) mass is 377 g/mol. The van der Waals surface area contributed by atoms with Gasteiger partial charge in [-0.1, -0.05) is 17.7 Å². The van der Waals surface area contributed by atoms with Crippen LogP contribution in [0.2, 0.25) is 0 Å². The maximum atomic E-state index is 13.1. The molecule has 1 aromatic heterocycles. The molecule has 0 aliphatic rings. The number of aromatic nitrogens is 1. The second-order valence-electron chi connectivity index (χ2n) is 5.47. The van der Waals surface area contributed by atoms with Crippen molar-refractivity contribution in [3.8, 4) is 11.3 Å². The first-order valence-electron chi connectivity index (χ1n) is 7.42. The summed E-state index contributed by atoms with van der Waals surface area (Å²) in [6, 6.07) is 12.4. The number of nitrogens with one attached hydrogen (secondary N) is 1. The summed E-state index contributed by atoms with van der Waals surface area (Å²) in [5, 5.41) is 0.323. The van der Waals surface area contributed by atoms with Gasteiger partial charge in [0.15, 0.2) is 5.13 Å². The fourth-order valence-electron chi connectivity index (χ4n) is 2.28. The lowest BCUT2D eigenvalue weighted by Crippen LogP contribution is -2.23. The summed E-state index contributed by atoms with van der Waals surface area (Å²) in [5.74, 6) is -0.353. The predicted octanol–water partition coefficient (Wildman–Crippen LogP) is 3.32. The molecular weight excluding hydrogens is 361 g/mol. The number of aryl methyl sites for hydroxylation is 1. The standard InChI is InChI=1S/C17H16FN3O2S2/c1-11-2-8-14(9-3-11)25(22,23)20-10-15-16(21-17(19)24-15)12-4-6-13(18)7-5-12/h2-9,20H,10H2,1H3,(H2,19,21). The zero-order valence-electron chi connectivity index (χ0n) is 13.4. The summed E-state index contributed by atoms with van der Waals surface area (Å²) in [5.41, 5.74) is 7.98. The maximum absolute atomic E-state index is 13.1. The van der Waals surface area contributed by atoms with Crippen LogP contribution >= 0.6 is 11.3 Å². The lowest BCUT2D eigenvalue weighted by atomic mass is 10.1. The van der Waals surface area contributed by atoms with E-state index >= 15 is 0 Å². The van der Waals surface area contributed by atoms with Gasteiger partial charge >= 0.3 is 0 Å². The smallest absolute Gasteiger partial charge is 0.240 e. The molecule has 0 aliphatic carbocycles. The van der Waals surface area contributed by atoms with E-state index in [2.05, 4.69) is 9.71 Å². The Morgan fingerprint density at radius 2 is 1.76 bits per heavy atom. The van der Waals surface area contributed by atoms with Gasteiger partial charge in [-0.2, -0.15) is 0 Å². The molecule has 2 aromatic carbocycles. The first-order valence-corrected chi connectivity index (χ1v) is 9.72. The predicted molar refractivity (Wildman–Crippen MR) is 97.1 cm³/mol. The highest BCUT2D eigenvalue weighted by Crippen LogP contribution is 2.30. The van der Waals surface area contributed by atoms with Crippen LogP contribution in [0.4, 0.5) is 9.52 Å². The highest BCUT2D eigenvalue weighted by Gasteiger charge is 2.17. The maximum Gasteiger partial charge on any atom is 0.240 e. The molecule has 0 unspecified atom stereocenters. The summed E-state index contributed by atoms with van der Waals surface area (Å²) in [4.78, 5) is 5.09. The van der Waals surface area contributed by atoms with Crippen molar-refractivity contribution in [2.75, 3.05) is 5.73 Å². The molecule has 0 amide bonds. The van der Waals surface area contributed by atoms with E-state index in [0.717, 1.165) is 5.56 Å². The molecule has 130 valence electrons. The van der Waals surface area contributed by atoms with Crippen molar-refractivity contribution >= 4 is 26.5 Å². The number of sulfonamides is 1. The molecule has 0 aliphatic heterocycles. The number of hydrogen-bond acceptors (Lipinski definition) is 5. The van der Waals surface area contributed by atoms with Crippen molar-refractivity contribution in [1.82, 2.24) is 9.71 Å². The van der Waals surface area contributed by atoms with Crippen LogP contribution in [0.3, 0.4) is 0 Å². The van der Waals surface area contributed by atoms with E-state index in [1.165, 1.54) is 23.5 Å². The molecule has 3 aromatic rings. The van der Waals surface area contributed by atoms with Crippen molar-refractivity contribution in [3.63, 3.8) is 0 Å². The van der Waals surface area contributed by atoms with E-state index in [1.54, 1.807) is 36.4 Å². The van der Waals surface area contributed by atoms with Crippen molar-refractivity contribution < 1.29 is 12.8 Å². The molecule has 5 nitrogen and oxygen atoms in total. The number of nitrogens with zero attached hydrogens (tertiary/aromatic N) is 1. The number of nitrogen functional groups attached to an aromatic ring is 1. The van der Waals surface area contributed by atoms with Crippen LogP contribution < -0.4 is 10.5 Å². The van der Waals surface area contributed by atoms with Crippen LogP contribution in [0.1, 0.15) is 10.4 Å². The Labute approximate surface area is 149 Å². The summed E-state index contributed by atoms with van der Waals surface area (Å²) in [6.45, 7) is 1.94. The van der Waals surface area contributed by atoms with E-state index in [-0.39, 0.29) is 17.3 Å². The Hall–Kier alpha value is -2.29. The van der Waals surface area contributed by atoms with E-state index in [0.29, 0.717) is 21.3 Å². The van der Waals surface area contributed by atoms with Gasteiger partial charge in [0.25, 0.3) is 0 Å². The molecule has 0 saturated heterocycles. The molecule has 0 radical (unpaired) electrons. The van der Waals surface area contributed by atoms with Crippen molar-refractivity contribution in [2.45, 2.75) is 18.4 Å². The Balaban J connectivity index is 1.84. The Morgan fingerprint density at radius 1 is 1.12 bits per heavy atom. The van der Waals surface area contributed by atoms with Gasteiger partial charge in [0.1, 0.15) is 5.82 Å². The van der Waals surface area contributed by atoms with Crippen molar-refractivity contribution in [2.24, 2.45) is 0 Å². The van der Waals surface area contributed by atoms with Gasteiger partial charge in [0.2, 0.25) is 10.0 Å². The normalized spacial score (nSPS) is 11.6. The summed E-state index contributed by atoms with van der Waals surface area (Å²) < 4.78 is 40.5. The largest absolute Gasteiger partial charge is 0.375 e. The summed E-state index contributed by atoms with van der Waals surface area (Å²) >= 11 is 1.20. The minimum absolute atomic E-state index is 0.0534. The van der Waals surface area contributed by atoms with Crippen LogP contribution in [0.5, 0.6) is 0 Å². The lowest BCUT2D eigenvalue weighted by Gasteiger charge is -2.07. The Kier molecular flexibility index (Phi) is 4.85. The van der Waals surface area contributed by atoms with Gasteiger partial charge in [-0.25, -0.2) is 22.5 Å². The second kappa shape index (κ2) is 6.91. The summed E-state index contributed by atoms with van der Waals surface area (Å²) in [7, 11) is -3.64. The number of anilines is 1. The molecule has 0 fully saturated rings. The first-order chi connectivity index (χ1) is 11.8. The number of nitrogens with two attached hydrogens (primary N) is 1. The molecule has 25 heavy (non-hydrogen) atoms. The van der Waals surface area contributed by atoms with Crippen molar-refractivity contribution in [1.29, 1.82) is 0 Å². The van der Waals surface area contributed by atoms with Gasteiger partial charge in [-0.05, 0) is 43.3 Å². The number of benzene rings is 2. The Morgan fingerprint density at radius 3 is 2.40 bits per heavy atom. The topological polar surface area (TPSA) is 85.1 Å².